The standard InChI is InChI=1S/C20H26N2O3S/c1-6-19(20(23)21-18-9-7-8-15(3)16(18)4)22(26(5,24)25)17-12-10-14(2)11-13-17/h7-13,19H,6H2,1-5H3,(H,21,23)/t19-/m1/s1. The van der Waals surface area contributed by atoms with Crippen LogP contribution in [0.4, 0.5) is 11.4 Å². The lowest BCUT2D eigenvalue weighted by Gasteiger charge is -2.30. The molecule has 0 aromatic heterocycles. The summed E-state index contributed by atoms with van der Waals surface area (Å²) in [5, 5.41) is 2.89. The summed E-state index contributed by atoms with van der Waals surface area (Å²) in [5.74, 6) is -0.341. The van der Waals surface area contributed by atoms with Gasteiger partial charge in [0.2, 0.25) is 15.9 Å². The minimum absolute atomic E-state index is 0.341. The maximum Gasteiger partial charge on any atom is 0.248 e. The van der Waals surface area contributed by atoms with Crippen molar-refractivity contribution in [3.8, 4) is 0 Å². The topological polar surface area (TPSA) is 66.5 Å². The van der Waals surface area contributed by atoms with Gasteiger partial charge in [-0.05, 0) is 56.5 Å². The minimum atomic E-state index is -3.63. The summed E-state index contributed by atoms with van der Waals surface area (Å²) in [6, 6.07) is 12.0. The van der Waals surface area contributed by atoms with Gasteiger partial charge in [-0.1, -0.05) is 36.8 Å². The molecule has 140 valence electrons. The van der Waals surface area contributed by atoms with Crippen LogP contribution >= 0.6 is 0 Å². The highest BCUT2D eigenvalue weighted by Gasteiger charge is 2.31. The molecule has 0 unspecified atom stereocenters. The lowest BCUT2D eigenvalue weighted by Crippen LogP contribution is -2.47. The van der Waals surface area contributed by atoms with Crippen LogP contribution in [0.25, 0.3) is 0 Å². The molecule has 26 heavy (non-hydrogen) atoms. The number of sulfonamides is 1. The van der Waals surface area contributed by atoms with Crippen molar-refractivity contribution in [2.24, 2.45) is 0 Å². The van der Waals surface area contributed by atoms with Gasteiger partial charge in [0.15, 0.2) is 0 Å². The number of carbonyl (C=O) groups excluding carboxylic acids is 1. The average Bonchev–Trinajstić information content (AvgIpc) is 2.56. The zero-order chi connectivity index (χ0) is 19.5. The van der Waals surface area contributed by atoms with Crippen molar-refractivity contribution >= 4 is 27.3 Å². The van der Waals surface area contributed by atoms with Gasteiger partial charge in [-0.15, -0.1) is 0 Å². The fourth-order valence-electron chi connectivity index (χ4n) is 2.85. The number of nitrogens with one attached hydrogen (secondary N) is 1. The predicted molar refractivity (Wildman–Crippen MR) is 107 cm³/mol. The molecule has 0 spiro atoms. The molecular weight excluding hydrogens is 348 g/mol. The molecule has 2 rings (SSSR count). The van der Waals surface area contributed by atoms with Crippen LogP contribution in [0.3, 0.4) is 0 Å². The van der Waals surface area contributed by atoms with E-state index >= 15 is 0 Å². The highest BCUT2D eigenvalue weighted by Crippen LogP contribution is 2.25. The van der Waals surface area contributed by atoms with E-state index in [1.807, 2.05) is 51.1 Å². The van der Waals surface area contributed by atoms with Crippen LogP contribution in [-0.4, -0.2) is 26.6 Å². The number of nitrogens with zero attached hydrogens (tertiary/aromatic N) is 1. The Morgan fingerprint density at radius 3 is 2.23 bits per heavy atom. The second kappa shape index (κ2) is 7.91. The Morgan fingerprint density at radius 2 is 1.69 bits per heavy atom. The van der Waals surface area contributed by atoms with Crippen molar-refractivity contribution in [2.45, 2.75) is 40.2 Å². The maximum atomic E-state index is 12.9. The van der Waals surface area contributed by atoms with Crippen molar-refractivity contribution in [1.82, 2.24) is 0 Å². The summed E-state index contributed by atoms with van der Waals surface area (Å²) in [4.78, 5) is 12.9. The normalized spacial score (nSPS) is 12.5. The van der Waals surface area contributed by atoms with Crippen molar-refractivity contribution in [3.05, 3.63) is 59.2 Å². The van der Waals surface area contributed by atoms with Crippen LogP contribution in [0.5, 0.6) is 0 Å². The lowest BCUT2D eigenvalue weighted by molar-refractivity contribution is -0.117. The summed E-state index contributed by atoms with van der Waals surface area (Å²) in [7, 11) is -3.63. The molecule has 5 nitrogen and oxygen atoms in total. The third-order valence-electron chi connectivity index (χ3n) is 4.48. The molecule has 0 bridgehead atoms. The zero-order valence-corrected chi connectivity index (χ0v) is 16.7. The Morgan fingerprint density at radius 1 is 1.08 bits per heavy atom. The average molecular weight is 375 g/mol. The van der Waals surface area contributed by atoms with Gasteiger partial charge < -0.3 is 5.32 Å². The Hall–Kier alpha value is -2.34. The summed E-state index contributed by atoms with van der Waals surface area (Å²) in [6.45, 7) is 7.64. The molecule has 0 aliphatic carbocycles. The first-order chi connectivity index (χ1) is 12.1. The largest absolute Gasteiger partial charge is 0.324 e. The summed E-state index contributed by atoms with van der Waals surface area (Å²) in [5.41, 5.74) is 4.24. The van der Waals surface area contributed by atoms with Crippen molar-refractivity contribution in [3.63, 3.8) is 0 Å². The monoisotopic (exact) mass is 374 g/mol. The third-order valence-corrected chi connectivity index (χ3v) is 5.66. The molecule has 0 heterocycles. The molecule has 0 aliphatic heterocycles. The Bertz CT molecular complexity index is 890. The first-order valence-electron chi connectivity index (χ1n) is 8.58. The molecule has 0 saturated heterocycles. The number of benzene rings is 2. The van der Waals surface area contributed by atoms with E-state index in [0.29, 0.717) is 17.8 Å². The fourth-order valence-corrected chi connectivity index (χ4v) is 4.07. The first kappa shape index (κ1) is 20.0. The Kier molecular flexibility index (Phi) is 6.08. The van der Waals surface area contributed by atoms with Crippen LogP contribution in [0.2, 0.25) is 0 Å². The number of aryl methyl sites for hydroxylation is 2. The first-order valence-corrected chi connectivity index (χ1v) is 10.4. The van der Waals surface area contributed by atoms with Gasteiger partial charge in [-0.2, -0.15) is 0 Å². The quantitative estimate of drug-likeness (QED) is 0.836. The summed E-state index contributed by atoms with van der Waals surface area (Å²) < 4.78 is 26.1. The SMILES string of the molecule is CC[C@H](C(=O)Nc1cccc(C)c1C)N(c1ccc(C)cc1)S(C)(=O)=O. The minimum Gasteiger partial charge on any atom is -0.324 e. The number of anilines is 2. The van der Waals surface area contributed by atoms with Crippen molar-refractivity contribution in [1.29, 1.82) is 0 Å². The van der Waals surface area contributed by atoms with Crippen LogP contribution in [-0.2, 0) is 14.8 Å². The molecule has 0 fully saturated rings. The highest BCUT2D eigenvalue weighted by molar-refractivity contribution is 7.92. The van der Waals surface area contributed by atoms with Gasteiger partial charge in [0.05, 0.1) is 11.9 Å². The van der Waals surface area contributed by atoms with Crippen molar-refractivity contribution < 1.29 is 13.2 Å². The van der Waals surface area contributed by atoms with Crippen LogP contribution < -0.4 is 9.62 Å². The third kappa shape index (κ3) is 4.43. The van der Waals surface area contributed by atoms with Gasteiger partial charge in [0.25, 0.3) is 0 Å². The highest BCUT2D eigenvalue weighted by atomic mass is 32.2. The van der Waals surface area contributed by atoms with Crippen LogP contribution in [0, 0.1) is 20.8 Å². The van der Waals surface area contributed by atoms with E-state index in [0.717, 1.165) is 22.9 Å². The maximum absolute atomic E-state index is 12.9. The molecule has 0 radical (unpaired) electrons. The van der Waals surface area contributed by atoms with Gasteiger partial charge in [0.1, 0.15) is 6.04 Å². The molecule has 6 heteroatoms. The zero-order valence-electron chi connectivity index (χ0n) is 15.9. The van der Waals surface area contributed by atoms with E-state index in [2.05, 4.69) is 5.32 Å². The number of hydrogen-bond donors (Lipinski definition) is 1. The second-order valence-electron chi connectivity index (χ2n) is 6.56. The molecule has 1 atom stereocenters. The van der Waals surface area contributed by atoms with E-state index in [1.54, 1.807) is 19.1 Å². The number of rotatable bonds is 6. The van der Waals surface area contributed by atoms with Gasteiger partial charge >= 0.3 is 0 Å². The Balaban J connectivity index is 2.40. The van der Waals surface area contributed by atoms with Gasteiger partial charge in [-0.3, -0.25) is 9.10 Å². The van der Waals surface area contributed by atoms with E-state index in [-0.39, 0.29) is 5.91 Å². The molecule has 0 saturated carbocycles. The number of hydrogen-bond acceptors (Lipinski definition) is 3. The van der Waals surface area contributed by atoms with E-state index in [1.165, 1.54) is 4.31 Å². The van der Waals surface area contributed by atoms with Gasteiger partial charge in [-0.25, -0.2) is 8.42 Å². The van der Waals surface area contributed by atoms with E-state index < -0.39 is 16.1 Å². The van der Waals surface area contributed by atoms with Crippen LogP contribution in [0.15, 0.2) is 42.5 Å². The predicted octanol–water partition coefficient (Wildman–Crippen LogP) is 3.80. The van der Waals surface area contributed by atoms with Crippen molar-refractivity contribution in [2.75, 3.05) is 15.9 Å². The Labute approximate surface area is 156 Å². The van der Waals surface area contributed by atoms with Gasteiger partial charge in [0, 0.05) is 5.69 Å². The van der Waals surface area contributed by atoms with E-state index in [4.69, 9.17) is 0 Å². The molecular formula is C20H26N2O3S. The molecule has 1 N–H and O–H groups in total. The molecule has 1 amide bonds. The number of amides is 1. The second-order valence-corrected chi connectivity index (χ2v) is 8.41. The van der Waals surface area contributed by atoms with E-state index in [9.17, 15) is 13.2 Å². The fraction of sp³-hybridized carbons (Fsp3) is 0.350. The molecule has 0 aliphatic rings. The van der Waals surface area contributed by atoms with Crippen LogP contribution in [0.1, 0.15) is 30.0 Å². The number of carbonyl (C=O) groups is 1. The smallest absolute Gasteiger partial charge is 0.248 e. The lowest BCUT2D eigenvalue weighted by atomic mass is 10.1. The summed E-state index contributed by atoms with van der Waals surface area (Å²) >= 11 is 0. The molecule has 2 aromatic rings. The molecule has 2 aromatic carbocycles. The summed E-state index contributed by atoms with van der Waals surface area (Å²) in [6.07, 6.45) is 1.48.